The number of hydrogen-bond acceptors (Lipinski definition) is 2. The van der Waals surface area contributed by atoms with Crippen molar-refractivity contribution >= 4 is 0 Å². The lowest BCUT2D eigenvalue weighted by Crippen LogP contribution is -2.28. The first-order valence-electron chi connectivity index (χ1n) is 9.72. The molecule has 0 aliphatic carbocycles. The maximum Gasteiger partial charge on any atom is 0.0841 e. The highest BCUT2D eigenvalue weighted by Crippen LogP contribution is 2.17. The van der Waals surface area contributed by atoms with Gasteiger partial charge in [0, 0.05) is 0 Å². The molecule has 0 aromatic heterocycles. The number of aliphatic hydroxyl groups is 1. The number of aliphatic hydroxyl groups excluding tert-OH is 1. The van der Waals surface area contributed by atoms with Gasteiger partial charge in [0.2, 0.25) is 0 Å². The van der Waals surface area contributed by atoms with Crippen LogP contribution in [0.2, 0.25) is 0 Å². The first-order valence-corrected chi connectivity index (χ1v) is 9.72. The summed E-state index contributed by atoms with van der Waals surface area (Å²) in [6, 6.07) is 10.2. The minimum Gasteiger partial charge on any atom is -0.390 e. The standard InChI is InChI=1S/C22H36O2/c1-3-5-6-7-8-9-10-14-18-22(21(23)15-4-2)24-19-20-16-12-11-13-17-20/h4,11-13,16-17,21-23H,2-3,5-10,14-15,18-19H2,1H3/t21-,22-/m1/s1. The van der Waals surface area contributed by atoms with Crippen LogP contribution in [0.25, 0.3) is 0 Å². The van der Waals surface area contributed by atoms with Gasteiger partial charge in [-0.3, -0.25) is 0 Å². The minimum absolute atomic E-state index is 0.0942. The van der Waals surface area contributed by atoms with Crippen molar-refractivity contribution in [1.82, 2.24) is 0 Å². The van der Waals surface area contributed by atoms with E-state index >= 15 is 0 Å². The van der Waals surface area contributed by atoms with Crippen LogP contribution in [0, 0.1) is 0 Å². The zero-order valence-corrected chi connectivity index (χ0v) is 15.5. The number of benzene rings is 1. The molecule has 2 heteroatoms. The highest BCUT2D eigenvalue weighted by atomic mass is 16.5. The Hall–Kier alpha value is -1.12. The van der Waals surface area contributed by atoms with Crippen LogP contribution < -0.4 is 0 Å². The molecule has 24 heavy (non-hydrogen) atoms. The highest BCUT2D eigenvalue weighted by molar-refractivity contribution is 5.13. The minimum atomic E-state index is -0.448. The van der Waals surface area contributed by atoms with Crippen LogP contribution in [0.3, 0.4) is 0 Å². The Morgan fingerprint density at radius 2 is 1.62 bits per heavy atom. The molecule has 2 atom stereocenters. The first-order chi connectivity index (χ1) is 11.8. The average Bonchev–Trinajstić information content (AvgIpc) is 2.61. The lowest BCUT2D eigenvalue weighted by Gasteiger charge is -2.23. The fourth-order valence-corrected chi connectivity index (χ4v) is 2.97. The number of ether oxygens (including phenoxy) is 1. The van der Waals surface area contributed by atoms with E-state index in [0.29, 0.717) is 13.0 Å². The lowest BCUT2D eigenvalue weighted by atomic mass is 10.0. The highest BCUT2D eigenvalue weighted by Gasteiger charge is 2.18. The van der Waals surface area contributed by atoms with Gasteiger partial charge in [-0.15, -0.1) is 6.58 Å². The van der Waals surface area contributed by atoms with Crippen LogP contribution in [0.4, 0.5) is 0 Å². The Morgan fingerprint density at radius 1 is 1.00 bits per heavy atom. The molecule has 1 rings (SSSR count). The normalized spacial score (nSPS) is 13.6. The smallest absolute Gasteiger partial charge is 0.0841 e. The second-order valence-electron chi connectivity index (χ2n) is 6.69. The largest absolute Gasteiger partial charge is 0.390 e. The van der Waals surface area contributed by atoms with Crippen LogP contribution in [0.15, 0.2) is 43.0 Å². The van der Waals surface area contributed by atoms with Gasteiger partial charge >= 0.3 is 0 Å². The van der Waals surface area contributed by atoms with E-state index in [1.54, 1.807) is 6.08 Å². The summed E-state index contributed by atoms with van der Waals surface area (Å²) in [7, 11) is 0. The third-order valence-corrected chi connectivity index (χ3v) is 4.49. The van der Waals surface area contributed by atoms with Crippen molar-refractivity contribution in [3.8, 4) is 0 Å². The van der Waals surface area contributed by atoms with Crippen molar-refractivity contribution < 1.29 is 9.84 Å². The summed E-state index contributed by atoms with van der Waals surface area (Å²) in [6.07, 6.45) is 13.2. The summed E-state index contributed by atoms with van der Waals surface area (Å²) in [4.78, 5) is 0. The van der Waals surface area contributed by atoms with Crippen LogP contribution in [0.5, 0.6) is 0 Å². The molecule has 0 radical (unpaired) electrons. The first kappa shape index (κ1) is 20.9. The SMILES string of the molecule is C=CC[C@@H](O)[C@@H](CCCCCCCCCC)OCc1ccccc1. The van der Waals surface area contributed by atoms with Crippen LogP contribution >= 0.6 is 0 Å². The van der Waals surface area contributed by atoms with Crippen molar-refractivity contribution in [2.75, 3.05) is 0 Å². The van der Waals surface area contributed by atoms with E-state index in [9.17, 15) is 5.11 Å². The van der Waals surface area contributed by atoms with Gasteiger partial charge in [0.25, 0.3) is 0 Å². The van der Waals surface area contributed by atoms with Gasteiger partial charge < -0.3 is 9.84 Å². The van der Waals surface area contributed by atoms with Crippen molar-refractivity contribution in [2.24, 2.45) is 0 Å². The maximum atomic E-state index is 10.3. The topological polar surface area (TPSA) is 29.5 Å². The van der Waals surface area contributed by atoms with Crippen molar-refractivity contribution in [3.63, 3.8) is 0 Å². The van der Waals surface area contributed by atoms with Crippen LogP contribution in [0.1, 0.15) is 76.7 Å². The Kier molecular flexibility index (Phi) is 12.4. The molecule has 0 saturated carbocycles. The Morgan fingerprint density at radius 3 is 2.25 bits per heavy atom. The lowest BCUT2D eigenvalue weighted by molar-refractivity contribution is -0.0493. The summed E-state index contributed by atoms with van der Waals surface area (Å²) in [5.74, 6) is 0. The second kappa shape index (κ2) is 14.2. The second-order valence-corrected chi connectivity index (χ2v) is 6.69. The maximum absolute atomic E-state index is 10.3. The molecule has 2 nitrogen and oxygen atoms in total. The molecule has 0 aliphatic heterocycles. The van der Waals surface area contributed by atoms with Gasteiger partial charge in [-0.25, -0.2) is 0 Å². The molecule has 0 amide bonds. The molecule has 0 spiro atoms. The summed E-state index contributed by atoms with van der Waals surface area (Å²) in [5, 5.41) is 10.3. The summed E-state index contributed by atoms with van der Waals surface area (Å²) >= 11 is 0. The predicted molar refractivity (Wildman–Crippen MR) is 103 cm³/mol. The zero-order valence-electron chi connectivity index (χ0n) is 15.5. The molecule has 1 aromatic rings. The molecule has 1 aromatic carbocycles. The molecular formula is C22H36O2. The summed E-state index contributed by atoms with van der Waals surface area (Å²) < 4.78 is 6.00. The Bertz CT molecular complexity index is 402. The summed E-state index contributed by atoms with van der Waals surface area (Å²) in [6.45, 7) is 6.55. The molecule has 0 bridgehead atoms. The molecule has 0 heterocycles. The molecule has 0 aliphatic rings. The Balaban J connectivity index is 2.25. The monoisotopic (exact) mass is 332 g/mol. The average molecular weight is 333 g/mol. The molecule has 136 valence electrons. The van der Waals surface area contributed by atoms with Crippen LogP contribution in [-0.2, 0) is 11.3 Å². The van der Waals surface area contributed by atoms with Crippen molar-refractivity contribution in [1.29, 1.82) is 0 Å². The zero-order chi connectivity index (χ0) is 17.5. The van der Waals surface area contributed by atoms with E-state index in [1.807, 2.05) is 18.2 Å². The van der Waals surface area contributed by atoms with E-state index in [-0.39, 0.29) is 6.10 Å². The molecule has 1 N–H and O–H groups in total. The van der Waals surface area contributed by atoms with Gasteiger partial charge in [-0.05, 0) is 18.4 Å². The summed E-state index contributed by atoms with van der Waals surface area (Å²) in [5.41, 5.74) is 1.16. The van der Waals surface area contributed by atoms with Crippen molar-refractivity contribution in [2.45, 2.75) is 89.9 Å². The van der Waals surface area contributed by atoms with E-state index in [4.69, 9.17) is 4.74 Å². The van der Waals surface area contributed by atoms with E-state index in [0.717, 1.165) is 18.4 Å². The molecule has 0 unspecified atom stereocenters. The van der Waals surface area contributed by atoms with Crippen LogP contribution in [-0.4, -0.2) is 17.3 Å². The van der Waals surface area contributed by atoms with Gasteiger partial charge in [0.05, 0.1) is 18.8 Å². The predicted octanol–water partition coefficient (Wildman–Crippen LogP) is 6.04. The number of hydrogen-bond donors (Lipinski definition) is 1. The molecule has 0 fully saturated rings. The van der Waals surface area contributed by atoms with E-state index in [2.05, 4.69) is 25.6 Å². The molecule has 0 saturated heterocycles. The van der Waals surface area contributed by atoms with E-state index in [1.165, 1.54) is 44.9 Å². The third-order valence-electron chi connectivity index (χ3n) is 4.49. The quantitative estimate of drug-likeness (QED) is 0.313. The Labute approximate surface area is 148 Å². The third kappa shape index (κ3) is 9.89. The molecular weight excluding hydrogens is 296 g/mol. The van der Waals surface area contributed by atoms with Gasteiger partial charge in [-0.2, -0.15) is 0 Å². The number of unbranched alkanes of at least 4 members (excludes halogenated alkanes) is 7. The van der Waals surface area contributed by atoms with Gasteiger partial charge in [0.15, 0.2) is 0 Å². The fourth-order valence-electron chi connectivity index (χ4n) is 2.97. The van der Waals surface area contributed by atoms with E-state index < -0.39 is 6.10 Å². The van der Waals surface area contributed by atoms with Crippen molar-refractivity contribution in [3.05, 3.63) is 48.6 Å². The fraction of sp³-hybridized carbons (Fsp3) is 0.636. The number of rotatable bonds is 15. The van der Waals surface area contributed by atoms with Gasteiger partial charge in [-0.1, -0.05) is 94.7 Å². The van der Waals surface area contributed by atoms with Gasteiger partial charge in [0.1, 0.15) is 0 Å².